The van der Waals surface area contributed by atoms with Gasteiger partial charge in [0.25, 0.3) is 15.9 Å². The van der Waals surface area contributed by atoms with E-state index in [9.17, 15) is 13.2 Å². The number of carbonyl (C=O) groups excluding carboxylic acids is 1. The zero-order valence-corrected chi connectivity index (χ0v) is 21.3. The third-order valence-corrected chi connectivity index (χ3v) is 8.18. The van der Waals surface area contributed by atoms with Crippen molar-refractivity contribution in [3.05, 3.63) is 82.9 Å². The standard InChI is InChI=1S/C27H30N2O5S/c1-17-14-19(3)23(15-18(17)2)20(4)28-27(30)26-16-29(24-8-6-7-9-25(24)34-26)35(31,32)22-12-10-21(33-5)11-13-22/h6-15,20,26H,16H2,1-5H3,(H,28,30)/t20-,26+/m0/s1. The van der Waals surface area contributed by atoms with Gasteiger partial charge in [-0.15, -0.1) is 0 Å². The lowest BCUT2D eigenvalue weighted by molar-refractivity contribution is -0.128. The SMILES string of the molecule is COc1ccc(S(=O)(=O)N2C[C@H](C(=O)N[C@@H](C)c3cc(C)c(C)cc3C)Oc3ccccc32)cc1. The first-order valence-corrected chi connectivity index (χ1v) is 12.9. The van der Waals surface area contributed by atoms with E-state index >= 15 is 0 Å². The Labute approximate surface area is 206 Å². The number of methoxy groups -OCH3 is 1. The number of ether oxygens (including phenoxy) is 2. The molecule has 0 saturated heterocycles. The molecule has 1 N–H and O–H groups in total. The van der Waals surface area contributed by atoms with Crippen LogP contribution in [0.2, 0.25) is 0 Å². The van der Waals surface area contributed by atoms with Crippen molar-refractivity contribution in [2.75, 3.05) is 18.0 Å². The molecule has 0 spiro atoms. The number of carbonyl (C=O) groups is 1. The van der Waals surface area contributed by atoms with Gasteiger partial charge in [0.05, 0.1) is 30.3 Å². The van der Waals surface area contributed by atoms with E-state index in [0.29, 0.717) is 17.2 Å². The molecule has 3 aromatic carbocycles. The number of rotatable bonds is 6. The maximum atomic E-state index is 13.6. The van der Waals surface area contributed by atoms with Crippen LogP contribution in [-0.2, 0) is 14.8 Å². The van der Waals surface area contributed by atoms with E-state index in [-0.39, 0.29) is 23.4 Å². The Morgan fingerprint density at radius 3 is 2.37 bits per heavy atom. The van der Waals surface area contributed by atoms with Gasteiger partial charge in [0.1, 0.15) is 11.5 Å². The van der Waals surface area contributed by atoms with Crippen LogP contribution in [0.4, 0.5) is 5.69 Å². The van der Waals surface area contributed by atoms with Crippen molar-refractivity contribution in [3.63, 3.8) is 0 Å². The highest BCUT2D eigenvalue weighted by atomic mass is 32.2. The maximum absolute atomic E-state index is 13.6. The van der Waals surface area contributed by atoms with Gasteiger partial charge in [-0.3, -0.25) is 9.10 Å². The van der Waals surface area contributed by atoms with E-state index in [2.05, 4.69) is 24.4 Å². The highest BCUT2D eigenvalue weighted by molar-refractivity contribution is 7.92. The summed E-state index contributed by atoms with van der Waals surface area (Å²) in [6.07, 6.45) is -1.01. The fourth-order valence-corrected chi connectivity index (χ4v) is 5.75. The molecule has 1 amide bonds. The van der Waals surface area contributed by atoms with Gasteiger partial charge in [0, 0.05) is 0 Å². The summed E-state index contributed by atoms with van der Waals surface area (Å²) >= 11 is 0. The molecule has 0 saturated carbocycles. The number of amides is 1. The summed E-state index contributed by atoms with van der Waals surface area (Å²) in [5.74, 6) is 0.518. The smallest absolute Gasteiger partial charge is 0.264 e. The molecule has 184 valence electrons. The summed E-state index contributed by atoms with van der Waals surface area (Å²) < 4.78 is 39.5. The predicted molar refractivity (Wildman–Crippen MR) is 136 cm³/mol. The number of hydrogen-bond acceptors (Lipinski definition) is 5. The first kappa shape index (κ1) is 24.6. The lowest BCUT2D eigenvalue weighted by Gasteiger charge is -2.35. The van der Waals surface area contributed by atoms with Crippen LogP contribution in [-0.4, -0.2) is 34.1 Å². The number of para-hydroxylation sites is 2. The van der Waals surface area contributed by atoms with Gasteiger partial charge >= 0.3 is 0 Å². The average Bonchev–Trinajstić information content (AvgIpc) is 2.85. The molecular weight excluding hydrogens is 464 g/mol. The summed E-state index contributed by atoms with van der Waals surface area (Å²) in [6.45, 7) is 7.88. The van der Waals surface area contributed by atoms with Gasteiger partial charge in [-0.1, -0.05) is 24.3 Å². The summed E-state index contributed by atoms with van der Waals surface area (Å²) in [5, 5.41) is 3.01. The fourth-order valence-electron chi connectivity index (χ4n) is 4.27. The molecule has 1 aliphatic rings. The molecule has 35 heavy (non-hydrogen) atoms. The number of sulfonamides is 1. The van der Waals surface area contributed by atoms with Crippen molar-refractivity contribution in [2.45, 2.75) is 44.7 Å². The summed E-state index contributed by atoms with van der Waals surface area (Å²) in [4.78, 5) is 13.4. The molecule has 0 radical (unpaired) electrons. The van der Waals surface area contributed by atoms with Crippen LogP contribution in [0.15, 0.2) is 65.6 Å². The highest BCUT2D eigenvalue weighted by Gasteiger charge is 2.38. The molecule has 0 fully saturated rings. The largest absolute Gasteiger partial charge is 0.497 e. The first-order valence-electron chi connectivity index (χ1n) is 11.4. The fraction of sp³-hybridized carbons (Fsp3) is 0.296. The molecule has 0 aromatic heterocycles. The minimum atomic E-state index is -3.95. The van der Waals surface area contributed by atoms with Gasteiger partial charge in [0.15, 0.2) is 6.10 Å². The first-order chi connectivity index (χ1) is 16.6. The topological polar surface area (TPSA) is 84.9 Å². The van der Waals surface area contributed by atoms with Gasteiger partial charge in [-0.25, -0.2) is 8.42 Å². The molecule has 7 nitrogen and oxygen atoms in total. The van der Waals surface area contributed by atoms with E-state index in [1.165, 1.54) is 29.1 Å². The number of nitrogens with one attached hydrogen (secondary N) is 1. The van der Waals surface area contributed by atoms with Crippen molar-refractivity contribution in [3.8, 4) is 11.5 Å². The number of nitrogens with zero attached hydrogens (tertiary/aromatic N) is 1. The van der Waals surface area contributed by atoms with Crippen molar-refractivity contribution < 1.29 is 22.7 Å². The van der Waals surface area contributed by atoms with Gasteiger partial charge in [0.2, 0.25) is 0 Å². The maximum Gasteiger partial charge on any atom is 0.264 e. The molecule has 0 unspecified atom stereocenters. The van der Waals surface area contributed by atoms with Crippen LogP contribution in [0.1, 0.15) is 35.2 Å². The molecular formula is C27H30N2O5S. The average molecular weight is 495 g/mol. The predicted octanol–water partition coefficient (Wildman–Crippen LogP) is 4.45. The van der Waals surface area contributed by atoms with Crippen LogP contribution in [0.25, 0.3) is 0 Å². The Bertz CT molecular complexity index is 1350. The van der Waals surface area contributed by atoms with Gasteiger partial charge < -0.3 is 14.8 Å². The van der Waals surface area contributed by atoms with Crippen molar-refractivity contribution in [2.24, 2.45) is 0 Å². The second kappa shape index (κ2) is 9.62. The van der Waals surface area contributed by atoms with Crippen LogP contribution >= 0.6 is 0 Å². The molecule has 8 heteroatoms. The van der Waals surface area contributed by atoms with E-state index in [4.69, 9.17) is 9.47 Å². The van der Waals surface area contributed by atoms with E-state index in [0.717, 1.165) is 16.7 Å². The minimum absolute atomic E-state index is 0.105. The number of aryl methyl sites for hydroxylation is 3. The Kier molecular flexibility index (Phi) is 6.76. The number of anilines is 1. The molecule has 3 aromatic rings. The Morgan fingerprint density at radius 2 is 1.69 bits per heavy atom. The van der Waals surface area contributed by atoms with Crippen molar-refractivity contribution >= 4 is 21.6 Å². The highest BCUT2D eigenvalue weighted by Crippen LogP contribution is 2.37. The van der Waals surface area contributed by atoms with Crippen LogP contribution in [0.3, 0.4) is 0 Å². The minimum Gasteiger partial charge on any atom is -0.497 e. The molecule has 1 aliphatic heterocycles. The molecule has 2 atom stereocenters. The van der Waals surface area contributed by atoms with E-state index in [1.54, 1.807) is 36.4 Å². The number of hydrogen-bond donors (Lipinski definition) is 1. The lowest BCUT2D eigenvalue weighted by Crippen LogP contribution is -2.51. The van der Waals surface area contributed by atoms with Crippen LogP contribution in [0, 0.1) is 20.8 Å². The van der Waals surface area contributed by atoms with E-state index in [1.807, 2.05) is 20.8 Å². The van der Waals surface area contributed by atoms with Crippen LogP contribution < -0.4 is 19.1 Å². The van der Waals surface area contributed by atoms with Crippen LogP contribution in [0.5, 0.6) is 11.5 Å². The second-order valence-corrected chi connectivity index (χ2v) is 10.7. The summed E-state index contributed by atoms with van der Waals surface area (Å²) in [7, 11) is -2.43. The zero-order chi connectivity index (χ0) is 25.3. The van der Waals surface area contributed by atoms with Gasteiger partial charge in [-0.05, 0) is 86.3 Å². The van der Waals surface area contributed by atoms with Crippen molar-refractivity contribution in [1.82, 2.24) is 5.32 Å². The third kappa shape index (κ3) is 4.84. The number of benzene rings is 3. The zero-order valence-electron chi connectivity index (χ0n) is 20.5. The molecule has 0 bridgehead atoms. The molecule has 4 rings (SSSR count). The summed E-state index contributed by atoms with van der Waals surface area (Å²) in [6, 6.07) is 16.9. The lowest BCUT2D eigenvalue weighted by atomic mass is 9.96. The third-order valence-electron chi connectivity index (χ3n) is 6.38. The van der Waals surface area contributed by atoms with Crippen molar-refractivity contribution in [1.29, 1.82) is 0 Å². The Balaban J connectivity index is 1.62. The molecule has 1 heterocycles. The normalized spacial score (nSPS) is 16.1. The summed E-state index contributed by atoms with van der Waals surface area (Å²) in [5.41, 5.74) is 4.83. The second-order valence-electron chi connectivity index (χ2n) is 8.81. The van der Waals surface area contributed by atoms with Gasteiger partial charge in [-0.2, -0.15) is 0 Å². The quantitative estimate of drug-likeness (QED) is 0.547. The monoisotopic (exact) mass is 494 g/mol. The molecule has 0 aliphatic carbocycles. The van der Waals surface area contributed by atoms with E-state index < -0.39 is 16.1 Å². The Hall–Kier alpha value is -3.52. The Morgan fingerprint density at radius 1 is 1.03 bits per heavy atom. The number of fused-ring (bicyclic) bond motifs is 1.